The number of nitrogens with one attached hydrogen (secondary N) is 1. The lowest BCUT2D eigenvalue weighted by molar-refractivity contribution is -0.115. The molecule has 0 unspecified atom stereocenters. The molecule has 0 fully saturated rings. The summed E-state index contributed by atoms with van der Waals surface area (Å²) in [7, 11) is 1.30. The molecule has 0 aliphatic carbocycles. The molecular formula is C14H11BrClNO3S. The van der Waals surface area contributed by atoms with Crippen LogP contribution in [0.2, 0.25) is 5.02 Å². The van der Waals surface area contributed by atoms with E-state index in [1.54, 1.807) is 23.6 Å². The zero-order valence-electron chi connectivity index (χ0n) is 11.0. The fourth-order valence-electron chi connectivity index (χ4n) is 1.71. The minimum atomic E-state index is -0.483. The van der Waals surface area contributed by atoms with E-state index < -0.39 is 5.97 Å². The highest BCUT2D eigenvalue weighted by molar-refractivity contribution is 9.10. The Morgan fingerprint density at radius 3 is 2.86 bits per heavy atom. The maximum absolute atomic E-state index is 12.1. The molecule has 0 radical (unpaired) electrons. The van der Waals surface area contributed by atoms with E-state index in [-0.39, 0.29) is 12.3 Å². The van der Waals surface area contributed by atoms with Crippen molar-refractivity contribution in [1.82, 2.24) is 0 Å². The van der Waals surface area contributed by atoms with Gasteiger partial charge in [0, 0.05) is 10.4 Å². The van der Waals surface area contributed by atoms with Gasteiger partial charge < -0.3 is 10.1 Å². The Kier molecular flexibility index (Phi) is 5.39. The molecule has 2 rings (SSSR count). The molecule has 7 heteroatoms. The number of methoxy groups -OCH3 is 1. The van der Waals surface area contributed by atoms with E-state index in [2.05, 4.69) is 26.0 Å². The molecule has 0 saturated heterocycles. The number of benzene rings is 1. The first-order chi connectivity index (χ1) is 10.0. The Morgan fingerprint density at radius 2 is 2.19 bits per heavy atom. The Hall–Kier alpha value is -1.37. The van der Waals surface area contributed by atoms with Crippen molar-refractivity contribution in [3.8, 4) is 0 Å². The number of hydrogen-bond donors (Lipinski definition) is 1. The van der Waals surface area contributed by atoms with Crippen molar-refractivity contribution in [3.63, 3.8) is 0 Å². The molecule has 0 bridgehead atoms. The Labute approximate surface area is 139 Å². The van der Waals surface area contributed by atoms with Gasteiger partial charge in [-0.15, -0.1) is 11.3 Å². The number of thiophene rings is 1. The van der Waals surface area contributed by atoms with Gasteiger partial charge in [0.1, 0.15) is 4.88 Å². The summed E-state index contributed by atoms with van der Waals surface area (Å²) in [6.07, 6.45) is 0.170. The number of anilines is 1. The van der Waals surface area contributed by atoms with Crippen LogP contribution in [0.15, 0.2) is 34.1 Å². The molecule has 0 atom stereocenters. The largest absolute Gasteiger partial charge is 0.465 e. The molecular weight excluding hydrogens is 378 g/mol. The maximum Gasteiger partial charge on any atom is 0.350 e. The lowest BCUT2D eigenvalue weighted by Crippen LogP contribution is -2.16. The Balaban J connectivity index is 2.13. The maximum atomic E-state index is 12.1. The number of rotatable bonds is 4. The van der Waals surface area contributed by atoms with E-state index in [9.17, 15) is 9.59 Å². The third kappa shape index (κ3) is 4.06. The van der Waals surface area contributed by atoms with E-state index in [0.717, 1.165) is 5.56 Å². The highest BCUT2D eigenvalue weighted by Gasteiger charge is 2.19. The number of carbonyl (C=O) groups excluding carboxylic acids is 2. The average molecular weight is 389 g/mol. The standard InChI is InChI=1S/C14H11BrClNO3S/c1-20-14(19)13-12(10(15)7-21-13)17-11(18)6-8-3-2-4-9(16)5-8/h2-5,7H,6H2,1H3,(H,17,18). The highest BCUT2D eigenvalue weighted by Crippen LogP contribution is 2.33. The molecule has 1 amide bonds. The fraction of sp³-hybridized carbons (Fsp3) is 0.143. The van der Waals surface area contributed by atoms with Crippen LogP contribution in [-0.4, -0.2) is 19.0 Å². The number of ether oxygens (including phenoxy) is 1. The van der Waals surface area contributed by atoms with Gasteiger partial charge in [0.25, 0.3) is 0 Å². The van der Waals surface area contributed by atoms with Crippen molar-refractivity contribution in [3.05, 3.63) is 49.6 Å². The summed E-state index contributed by atoms with van der Waals surface area (Å²) >= 11 is 10.4. The first kappa shape index (κ1) is 16.0. The van der Waals surface area contributed by atoms with Gasteiger partial charge in [-0.1, -0.05) is 23.7 Å². The molecule has 1 aromatic heterocycles. The summed E-state index contributed by atoms with van der Waals surface area (Å²) in [5.41, 5.74) is 1.23. The van der Waals surface area contributed by atoms with Gasteiger partial charge in [0.15, 0.2) is 0 Å². The molecule has 1 aromatic carbocycles. The number of amides is 1. The van der Waals surface area contributed by atoms with Crippen LogP contribution in [0.3, 0.4) is 0 Å². The van der Waals surface area contributed by atoms with Gasteiger partial charge in [0.05, 0.1) is 23.7 Å². The first-order valence-corrected chi connectivity index (χ1v) is 7.96. The number of carbonyl (C=O) groups is 2. The topological polar surface area (TPSA) is 55.4 Å². The number of esters is 1. The summed E-state index contributed by atoms with van der Waals surface area (Å²) in [5, 5.41) is 5.02. The SMILES string of the molecule is COC(=O)c1scc(Br)c1NC(=O)Cc1cccc(Cl)c1. The Morgan fingerprint density at radius 1 is 1.43 bits per heavy atom. The molecule has 2 aromatic rings. The van der Waals surface area contributed by atoms with Crippen LogP contribution < -0.4 is 5.32 Å². The van der Waals surface area contributed by atoms with E-state index in [1.807, 2.05) is 6.07 Å². The second-order valence-electron chi connectivity index (χ2n) is 4.13. The van der Waals surface area contributed by atoms with Crippen molar-refractivity contribution >= 4 is 56.4 Å². The molecule has 21 heavy (non-hydrogen) atoms. The predicted molar refractivity (Wildman–Crippen MR) is 87.1 cm³/mol. The fourth-order valence-corrected chi connectivity index (χ4v) is 3.43. The third-order valence-electron chi connectivity index (χ3n) is 2.64. The number of halogens is 2. The highest BCUT2D eigenvalue weighted by atomic mass is 79.9. The number of hydrogen-bond acceptors (Lipinski definition) is 4. The van der Waals surface area contributed by atoms with E-state index >= 15 is 0 Å². The van der Waals surface area contributed by atoms with E-state index in [1.165, 1.54) is 18.4 Å². The summed E-state index contributed by atoms with van der Waals surface area (Å²) in [4.78, 5) is 24.1. The second kappa shape index (κ2) is 7.06. The molecule has 110 valence electrons. The van der Waals surface area contributed by atoms with Crippen molar-refractivity contribution in [1.29, 1.82) is 0 Å². The van der Waals surface area contributed by atoms with Crippen molar-refractivity contribution < 1.29 is 14.3 Å². The minimum Gasteiger partial charge on any atom is -0.465 e. The summed E-state index contributed by atoms with van der Waals surface area (Å²) in [5.74, 6) is -0.717. The predicted octanol–water partition coefficient (Wildman–Crippen LogP) is 4.13. The quantitative estimate of drug-likeness (QED) is 0.801. The molecule has 1 heterocycles. The van der Waals surface area contributed by atoms with E-state index in [0.29, 0.717) is 20.1 Å². The van der Waals surface area contributed by atoms with Gasteiger partial charge in [-0.05, 0) is 33.6 Å². The lowest BCUT2D eigenvalue weighted by atomic mass is 10.1. The summed E-state index contributed by atoms with van der Waals surface area (Å²) in [6, 6.07) is 7.07. The lowest BCUT2D eigenvalue weighted by Gasteiger charge is -2.07. The van der Waals surface area contributed by atoms with Crippen LogP contribution in [0.25, 0.3) is 0 Å². The van der Waals surface area contributed by atoms with Crippen molar-refractivity contribution in [2.24, 2.45) is 0 Å². The van der Waals surface area contributed by atoms with Crippen LogP contribution in [0.4, 0.5) is 5.69 Å². The molecule has 1 N–H and O–H groups in total. The normalized spacial score (nSPS) is 10.2. The summed E-state index contributed by atoms with van der Waals surface area (Å²) < 4.78 is 5.33. The molecule has 4 nitrogen and oxygen atoms in total. The van der Waals surface area contributed by atoms with Gasteiger partial charge >= 0.3 is 5.97 Å². The second-order valence-corrected chi connectivity index (χ2v) is 6.30. The zero-order chi connectivity index (χ0) is 15.4. The van der Waals surface area contributed by atoms with Crippen LogP contribution >= 0.6 is 38.9 Å². The zero-order valence-corrected chi connectivity index (χ0v) is 14.1. The van der Waals surface area contributed by atoms with Crippen molar-refractivity contribution in [2.45, 2.75) is 6.42 Å². The van der Waals surface area contributed by atoms with Crippen molar-refractivity contribution in [2.75, 3.05) is 12.4 Å². The third-order valence-corrected chi connectivity index (χ3v) is 4.76. The Bertz CT molecular complexity index is 687. The van der Waals surface area contributed by atoms with Gasteiger partial charge in [-0.2, -0.15) is 0 Å². The average Bonchev–Trinajstić information content (AvgIpc) is 2.79. The van der Waals surface area contributed by atoms with Crippen LogP contribution in [0.1, 0.15) is 15.2 Å². The van der Waals surface area contributed by atoms with Gasteiger partial charge in [-0.25, -0.2) is 4.79 Å². The summed E-state index contributed by atoms with van der Waals surface area (Å²) in [6.45, 7) is 0. The molecule has 0 spiro atoms. The van der Waals surface area contributed by atoms with Gasteiger partial charge in [-0.3, -0.25) is 4.79 Å². The van der Waals surface area contributed by atoms with Crippen LogP contribution in [-0.2, 0) is 16.0 Å². The monoisotopic (exact) mass is 387 g/mol. The smallest absolute Gasteiger partial charge is 0.350 e. The van der Waals surface area contributed by atoms with Crippen LogP contribution in [0, 0.1) is 0 Å². The van der Waals surface area contributed by atoms with Gasteiger partial charge in [0.2, 0.25) is 5.91 Å². The van der Waals surface area contributed by atoms with E-state index in [4.69, 9.17) is 11.6 Å². The molecule has 0 aliphatic rings. The van der Waals surface area contributed by atoms with Crippen LogP contribution in [0.5, 0.6) is 0 Å². The minimum absolute atomic E-state index is 0.170. The molecule has 0 aliphatic heterocycles. The molecule has 0 saturated carbocycles. The first-order valence-electron chi connectivity index (χ1n) is 5.91.